The van der Waals surface area contributed by atoms with Gasteiger partial charge in [0.25, 0.3) is 0 Å². The maximum absolute atomic E-state index is 15.1. The van der Waals surface area contributed by atoms with Crippen molar-refractivity contribution in [2.24, 2.45) is 0 Å². The molecule has 0 radical (unpaired) electrons. The smallest absolute Gasteiger partial charge is 0.165 e. The lowest BCUT2D eigenvalue weighted by Gasteiger charge is -2.32. The fraction of sp³-hybridized carbons (Fsp3) is 0.471. The first-order chi connectivity index (χ1) is 19.9. The summed E-state index contributed by atoms with van der Waals surface area (Å²) in [6.45, 7) is 6.35. The first-order valence-corrected chi connectivity index (χ1v) is 14.9. The van der Waals surface area contributed by atoms with Gasteiger partial charge >= 0.3 is 0 Å². The van der Waals surface area contributed by atoms with E-state index in [1.807, 2.05) is 31.3 Å². The fourth-order valence-electron chi connectivity index (χ4n) is 6.16. The molecule has 7 heteroatoms. The van der Waals surface area contributed by atoms with Crippen LogP contribution in [0.4, 0.5) is 10.1 Å². The van der Waals surface area contributed by atoms with Crippen LogP contribution in [0, 0.1) is 5.82 Å². The van der Waals surface area contributed by atoms with E-state index in [-0.39, 0.29) is 11.6 Å². The summed E-state index contributed by atoms with van der Waals surface area (Å²) >= 11 is 0. The van der Waals surface area contributed by atoms with Crippen molar-refractivity contribution >= 4 is 5.69 Å². The minimum atomic E-state index is -0.335. The Kier molecular flexibility index (Phi) is 9.68. The highest BCUT2D eigenvalue weighted by Crippen LogP contribution is 2.40. The molecule has 1 aliphatic carbocycles. The summed E-state index contributed by atoms with van der Waals surface area (Å²) < 4.78 is 32.2. The lowest BCUT2D eigenvalue weighted by molar-refractivity contribution is 0.0769. The van der Waals surface area contributed by atoms with E-state index in [0.29, 0.717) is 30.9 Å². The van der Waals surface area contributed by atoms with Gasteiger partial charge < -0.3 is 29.1 Å². The van der Waals surface area contributed by atoms with Crippen molar-refractivity contribution in [3.63, 3.8) is 0 Å². The van der Waals surface area contributed by atoms with Gasteiger partial charge in [-0.2, -0.15) is 0 Å². The number of aryl methyl sites for hydroxylation is 1. The molecule has 1 N–H and O–H groups in total. The molecule has 3 aromatic rings. The van der Waals surface area contributed by atoms with Gasteiger partial charge in [-0.3, -0.25) is 0 Å². The van der Waals surface area contributed by atoms with E-state index in [2.05, 4.69) is 28.9 Å². The second-order valence-electron chi connectivity index (χ2n) is 11.3. The van der Waals surface area contributed by atoms with Crippen LogP contribution in [0.25, 0.3) is 0 Å². The van der Waals surface area contributed by atoms with E-state index in [1.54, 1.807) is 25.3 Å². The van der Waals surface area contributed by atoms with E-state index >= 15 is 4.39 Å². The summed E-state index contributed by atoms with van der Waals surface area (Å²) in [5.74, 6) is 1.44. The lowest BCUT2D eigenvalue weighted by Crippen LogP contribution is -2.32. The number of phenolic OH excluding ortho intramolecular Hbond substituents is 1. The monoisotopic (exact) mass is 562 g/mol. The molecule has 1 saturated heterocycles. The average Bonchev–Trinajstić information content (AvgIpc) is 3.49. The number of hydrogen-bond donors (Lipinski definition) is 1. The molecule has 0 unspecified atom stereocenters. The van der Waals surface area contributed by atoms with Crippen LogP contribution in [-0.2, 0) is 24.1 Å². The SMILES string of the molecule is CCN(Cc1ccc(OCCN(C)C[C@@H]2CCCO2)c(F)c1)c1cc(OC)ccc1[C@@H]1CCc2cc(O)ccc2C1. The molecule has 0 saturated carbocycles. The number of aromatic hydroxyl groups is 1. The molecule has 6 nitrogen and oxygen atoms in total. The Balaban J connectivity index is 1.26. The highest BCUT2D eigenvalue weighted by molar-refractivity contribution is 5.60. The third-order valence-corrected chi connectivity index (χ3v) is 8.46. The Bertz CT molecular complexity index is 1310. The van der Waals surface area contributed by atoms with Gasteiger partial charge in [0, 0.05) is 44.5 Å². The molecular formula is C34H43FN2O4. The number of anilines is 1. The minimum Gasteiger partial charge on any atom is -0.508 e. The number of ether oxygens (including phenoxy) is 3. The van der Waals surface area contributed by atoms with Crippen molar-refractivity contribution in [2.45, 2.75) is 57.6 Å². The summed E-state index contributed by atoms with van der Waals surface area (Å²) in [6, 6.07) is 17.3. The van der Waals surface area contributed by atoms with Crippen molar-refractivity contribution < 1.29 is 23.7 Å². The van der Waals surface area contributed by atoms with E-state index in [4.69, 9.17) is 14.2 Å². The third kappa shape index (κ3) is 7.32. The number of likely N-dealkylation sites (N-methyl/N-ethyl adjacent to an activating group) is 1. The summed E-state index contributed by atoms with van der Waals surface area (Å²) in [7, 11) is 3.74. The van der Waals surface area contributed by atoms with Crippen LogP contribution in [0.5, 0.6) is 17.2 Å². The lowest BCUT2D eigenvalue weighted by atomic mass is 9.79. The Labute approximate surface area is 243 Å². The fourth-order valence-corrected chi connectivity index (χ4v) is 6.16. The first-order valence-electron chi connectivity index (χ1n) is 14.9. The van der Waals surface area contributed by atoms with Gasteiger partial charge in [0.2, 0.25) is 0 Å². The Morgan fingerprint density at radius 3 is 2.68 bits per heavy atom. The first kappa shape index (κ1) is 29.2. The van der Waals surface area contributed by atoms with Crippen LogP contribution in [0.15, 0.2) is 54.6 Å². The van der Waals surface area contributed by atoms with Crippen molar-refractivity contribution in [1.29, 1.82) is 0 Å². The molecule has 1 aliphatic heterocycles. The number of halogens is 1. The van der Waals surface area contributed by atoms with Gasteiger partial charge in [0.15, 0.2) is 11.6 Å². The molecule has 220 valence electrons. The number of phenols is 1. The van der Waals surface area contributed by atoms with Crippen LogP contribution in [0.3, 0.4) is 0 Å². The molecule has 0 amide bonds. The molecule has 2 aliphatic rings. The number of benzene rings is 3. The molecule has 3 aromatic carbocycles. The van der Waals surface area contributed by atoms with Crippen LogP contribution >= 0.6 is 0 Å². The normalized spacial score (nSPS) is 18.4. The zero-order chi connectivity index (χ0) is 28.8. The van der Waals surface area contributed by atoms with Gasteiger partial charge in [-0.1, -0.05) is 18.2 Å². The van der Waals surface area contributed by atoms with Crippen LogP contribution < -0.4 is 14.4 Å². The number of methoxy groups -OCH3 is 1. The minimum absolute atomic E-state index is 0.288. The highest BCUT2D eigenvalue weighted by Gasteiger charge is 2.25. The zero-order valence-corrected chi connectivity index (χ0v) is 24.6. The second-order valence-corrected chi connectivity index (χ2v) is 11.3. The van der Waals surface area contributed by atoms with Crippen molar-refractivity contribution in [1.82, 2.24) is 4.90 Å². The zero-order valence-electron chi connectivity index (χ0n) is 24.6. The Morgan fingerprint density at radius 1 is 1.05 bits per heavy atom. The maximum Gasteiger partial charge on any atom is 0.165 e. The van der Waals surface area contributed by atoms with Crippen LogP contribution in [0.2, 0.25) is 0 Å². The quantitative estimate of drug-likeness (QED) is 0.279. The molecule has 5 rings (SSSR count). The number of hydrogen-bond acceptors (Lipinski definition) is 6. The van der Waals surface area contributed by atoms with Crippen molar-refractivity contribution in [3.8, 4) is 17.2 Å². The largest absolute Gasteiger partial charge is 0.508 e. The topological polar surface area (TPSA) is 54.4 Å². The molecule has 0 aromatic heterocycles. The average molecular weight is 563 g/mol. The Hall–Kier alpha value is -3.29. The molecule has 0 bridgehead atoms. The molecular weight excluding hydrogens is 519 g/mol. The second kappa shape index (κ2) is 13.6. The van der Waals surface area contributed by atoms with E-state index in [0.717, 1.165) is 75.3 Å². The van der Waals surface area contributed by atoms with E-state index in [9.17, 15) is 5.11 Å². The number of nitrogens with zero attached hydrogens (tertiary/aromatic N) is 2. The predicted molar refractivity (Wildman–Crippen MR) is 161 cm³/mol. The van der Waals surface area contributed by atoms with Crippen molar-refractivity contribution in [2.75, 3.05) is 51.9 Å². The standard InChI is InChI=1S/C34H43FN2O4/c1-4-37(22-24-7-14-34(32(35)18-24)41-17-15-36(2)23-30-6-5-16-40-30)33-21-29(39-3)12-13-31(33)27-9-8-26-20-28(38)11-10-25(26)19-27/h7,10-14,18,20-21,27,30,38H,4-6,8-9,15-17,19,22-23H2,1-3H3/t27-,30+/m1/s1. The molecule has 2 atom stereocenters. The van der Waals surface area contributed by atoms with Crippen LogP contribution in [-0.4, -0.2) is 63.1 Å². The van der Waals surface area contributed by atoms with Gasteiger partial charge in [0.1, 0.15) is 18.1 Å². The third-order valence-electron chi connectivity index (χ3n) is 8.46. The number of rotatable bonds is 12. The highest BCUT2D eigenvalue weighted by atomic mass is 19.1. The van der Waals surface area contributed by atoms with Gasteiger partial charge in [0.05, 0.1) is 13.2 Å². The Morgan fingerprint density at radius 2 is 1.93 bits per heavy atom. The molecule has 1 fully saturated rings. The van der Waals surface area contributed by atoms with E-state index < -0.39 is 0 Å². The number of fused-ring (bicyclic) bond motifs is 1. The van der Waals surface area contributed by atoms with Gasteiger partial charge in [-0.25, -0.2) is 4.39 Å². The van der Waals surface area contributed by atoms with Gasteiger partial charge in [-0.15, -0.1) is 0 Å². The van der Waals surface area contributed by atoms with E-state index in [1.165, 1.54) is 16.7 Å². The summed E-state index contributed by atoms with van der Waals surface area (Å²) in [4.78, 5) is 4.47. The summed E-state index contributed by atoms with van der Waals surface area (Å²) in [6.07, 6.45) is 5.40. The summed E-state index contributed by atoms with van der Waals surface area (Å²) in [5, 5.41) is 9.91. The summed E-state index contributed by atoms with van der Waals surface area (Å²) in [5.41, 5.74) is 5.81. The molecule has 1 heterocycles. The van der Waals surface area contributed by atoms with Crippen LogP contribution in [0.1, 0.15) is 54.4 Å². The van der Waals surface area contributed by atoms with Crippen molar-refractivity contribution in [3.05, 3.63) is 82.7 Å². The van der Waals surface area contributed by atoms with Gasteiger partial charge in [-0.05, 0) is 105 Å². The molecule has 41 heavy (non-hydrogen) atoms. The molecule has 0 spiro atoms. The predicted octanol–water partition coefficient (Wildman–Crippen LogP) is 6.33. The maximum atomic E-state index is 15.1.